The van der Waals surface area contributed by atoms with E-state index in [1.165, 1.54) is 0 Å². The van der Waals surface area contributed by atoms with Gasteiger partial charge in [0.15, 0.2) is 0 Å². The van der Waals surface area contributed by atoms with Crippen LogP contribution in [0.2, 0.25) is 0 Å². The summed E-state index contributed by atoms with van der Waals surface area (Å²) in [6.45, 7) is 1.86. The Hall–Kier alpha value is -2.96. The van der Waals surface area contributed by atoms with Crippen molar-refractivity contribution in [2.24, 2.45) is 5.92 Å². The molecule has 1 fully saturated rings. The summed E-state index contributed by atoms with van der Waals surface area (Å²) in [6.07, 6.45) is 2.31. The van der Waals surface area contributed by atoms with Crippen LogP contribution in [0.1, 0.15) is 31.5 Å². The Bertz CT molecular complexity index is 823. The molecule has 0 atom stereocenters. The van der Waals surface area contributed by atoms with Gasteiger partial charge in [-0.25, -0.2) is 9.97 Å². The summed E-state index contributed by atoms with van der Waals surface area (Å²) >= 11 is 0. The fourth-order valence-corrected chi connectivity index (χ4v) is 3.08. The lowest BCUT2D eigenvalue weighted by Gasteiger charge is -2.20. The van der Waals surface area contributed by atoms with Gasteiger partial charge in [-0.05, 0) is 44.0 Å². The molecule has 0 spiro atoms. The Morgan fingerprint density at radius 3 is 2.33 bits per heavy atom. The van der Waals surface area contributed by atoms with E-state index in [9.17, 15) is 9.59 Å². The molecular weight excluding hydrogens is 342 g/mol. The van der Waals surface area contributed by atoms with Gasteiger partial charge in [0, 0.05) is 50.3 Å². The number of rotatable bonds is 5. The van der Waals surface area contributed by atoms with E-state index >= 15 is 0 Å². The van der Waals surface area contributed by atoms with Crippen LogP contribution in [-0.4, -0.2) is 35.8 Å². The van der Waals surface area contributed by atoms with E-state index < -0.39 is 0 Å². The van der Waals surface area contributed by atoms with Crippen LogP contribution in [0.4, 0.5) is 23.0 Å². The Labute approximate surface area is 159 Å². The minimum Gasteiger partial charge on any atom is -0.363 e. The number of aryl methyl sites for hydroxylation is 1. The first-order chi connectivity index (χ1) is 12.9. The normalized spacial score (nSPS) is 14.7. The minimum absolute atomic E-state index is 0.00902. The maximum Gasteiger partial charge on any atom is 0.227 e. The lowest BCUT2D eigenvalue weighted by atomic mass is 9.88. The van der Waals surface area contributed by atoms with Crippen LogP contribution in [0.3, 0.4) is 0 Å². The second-order valence-electron chi connectivity index (χ2n) is 7.06. The third kappa shape index (κ3) is 5.03. The van der Waals surface area contributed by atoms with E-state index in [2.05, 4.69) is 20.6 Å². The number of hydrogen-bond donors (Lipinski definition) is 2. The van der Waals surface area contributed by atoms with Gasteiger partial charge in [-0.15, -0.1) is 0 Å². The number of benzene rings is 1. The molecule has 0 saturated heterocycles. The number of carbonyl (C=O) groups excluding carboxylic acids is 2. The average Bonchev–Trinajstić information content (AvgIpc) is 2.63. The smallest absolute Gasteiger partial charge is 0.227 e. The highest BCUT2D eigenvalue weighted by Gasteiger charge is 2.24. The molecule has 7 nitrogen and oxygen atoms in total. The molecule has 142 valence electrons. The molecule has 0 aliphatic heterocycles. The number of hydrogen-bond acceptors (Lipinski definition) is 6. The number of ketones is 1. The SMILES string of the molecule is Cc1nc(Nc2ccc(NC(=O)C3CCC(=O)CC3)cc2)cc(N(C)C)n1. The quantitative estimate of drug-likeness (QED) is 0.843. The Balaban J connectivity index is 1.62. The molecule has 1 amide bonds. The van der Waals surface area contributed by atoms with Crippen LogP contribution in [0.5, 0.6) is 0 Å². The third-order valence-corrected chi connectivity index (χ3v) is 4.62. The zero-order valence-corrected chi connectivity index (χ0v) is 16.0. The predicted molar refractivity (Wildman–Crippen MR) is 106 cm³/mol. The third-order valence-electron chi connectivity index (χ3n) is 4.62. The van der Waals surface area contributed by atoms with Crippen molar-refractivity contribution in [1.29, 1.82) is 0 Å². The van der Waals surface area contributed by atoms with Gasteiger partial charge in [0.05, 0.1) is 0 Å². The molecule has 7 heteroatoms. The molecule has 0 unspecified atom stereocenters. The lowest BCUT2D eigenvalue weighted by molar-refractivity contribution is -0.125. The monoisotopic (exact) mass is 367 g/mol. The average molecular weight is 367 g/mol. The van der Waals surface area contributed by atoms with Crippen LogP contribution < -0.4 is 15.5 Å². The molecule has 1 aliphatic rings. The lowest BCUT2D eigenvalue weighted by Crippen LogP contribution is -2.27. The summed E-state index contributed by atoms with van der Waals surface area (Å²) in [5, 5.41) is 6.20. The number of nitrogens with one attached hydrogen (secondary N) is 2. The minimum atomic E-state index is -0.0750. The summed E-state index contributed by atoms with van der Waals surface area (Å²) in [5.74, 6) is 2.42. The molecular formula is C20H25N5O2. The van der Waals surface area contributed by atoms with Crippen molar-refractivity contribution in [3.8, 4) is 0 Å². The largest absolute Gasteiger partial charge is 0.363 e. The zero-order valence-electron chi connectivity index (χ0n) is 16.0. The molecule has 0 radical (unpaired) electrons. The van der Waals surface area contributed by atoms with Crippen molar-refractivity contribution in [1.82, 2.24) is 9.97 Å². The number of carbonyl (C=O) groups is 2. The highest BCUT2D eigenvalue weighted by Crippen LogP contribution is 2.24. The van der Waals surface area contributed by atoms with Crippen molar-refractivity contribution in [3.05, 3.63) is 36.2 Å². The topological polar surface area (TPSA) is 87.2 Å². The fourth-order valence-electron chi connectivity index (χ4n) is 3.08. The Kier molecular flexibility index (Phi) is 5.69. The van der Waals surface area contributed by atoms with Gasteiger partial charge in [0.1, 0.15) is 23.2 Å². The van der Waals surface area contributed by atoms with E-state index in [1.54, 1.807) is 0 Å². The zero-order chi connectivity index (χ0) is 19.4. The van der Waals surface area contributed by atoms with Crippen LogP contribution in [0.25, 0.3) is 0 Å². The van der Waals surface area contributed by atoms with E-state index in [1.807, 2.05) is 56.3 Å². The second-order valence-corrected chi connectivity index (χ2v) is 7.06. The Morgan fingerprint density at radius 1 is 1.07 bits per heavy atom. The summed E-state index contributed by atoms with van der Waals surface area (Å²) in [6, 6.07) is 9.39. The number of aromatic nitrogens is 2. The highest BCUT2D eigenvalue weighted by atomic mass is 16.2. The predicted octanol–water partition coefficient (Wildman–Crippen LogP) is 3.29. The van der Waals surface area contributed by atoms with Crippen LogP contribution in [0.15, 0.2) is 30.3 Å². The van der Waals surface area contributed by atoms with Crippen molar-refractivity contribution < 1.29 is 9.59 Å². The van der Waals surface area contributed by atoms with Crippen LogP contribution >= 0.6 is 0 Å². The molecule has 1 aliphatic carbocycles. The van der Waals surface area contributed by atoms with E-state index in [4.69, 9.17) is 0 Å². The van der Waals surface area contributed by atoms with E-state index in [0.29, 0.717) is 31.5 Å². The van der Waals surface area contributed by atoms with Gasteiger partial charge in [-0.3, -0.25) is 9.59 Å². The van der Waals surface area contributed by atoms with Crippen molar-refractivity contribution in [2.75, 3.05) is 29.6 Å². The molecule has 2 aromatic rings. The van der Waals surface area contributed by atoms with E-state index in [-0.39, 0.29) is 17.6 Å². The summed E-state index contributed by atoms with van der Waals surface area (Å²) in [7, 11) is 3.87. The van der Waals surface area contributed by atoms with E-state index in [0.717, 1.165) is 23.0 Å². The second kappa shape index (κ2) is 8.16. The molecule has 1 heterocycles. The highest BCUT2D eigenvalue weighted by molar-refractivity contribution is 5.94. The number of nitrogens with zero attached hydrogens (tertiary/aromatic N) is 3. The first-order valence-electron chi connectivity index (χ1n) is 9.13. The van der Waals surface area contributed by atoms with Gasteiger partial charge >= 0.3 is 0 Å². The summed E-state index contributed by atoms with van der Waals surface area (Å²) in [5.41, 5.74) is 1.62. The van der Waals surface area contributed by atoms with Gasteiger partial charge in [0.2, 0.25) is 5.91 Å². The molecule has 1 aromatic heterocycles. The molecule has 1 aromatic carbocycles. The van der Waals surface area contributed by atoms with Gasteiger partial charge in [0.25, 0.3) is 0 Å². The van der Waals surface area contributed by atoms with Gasteiger partial charge in [-0.1, -0.05) is 0 Å². The Morgan fingerprint density at radius 2 is 1.70 bits per heavy atom. The first kappa shape index (κ1) is 18.8. The molecule has 27 heavy (non-hydrogen) atoms. The standard InChI is InChI=1S/C20H25N5O2/c1-13-21-18(12-19(22-13)25(2)3)23-15-6-8-16(9-7-15)24-20(27)14-4-10-17(26)11-5-14/h6-9,12,14H,4-5,10-11H2,1-3H3,(H,24,27)(H,21,22,23). The van der Waals surface area contributed by atoms with Gasteiger partial charge < -0.3 is 15.5 Å². The molecule has 2 N–H and O–H groups in total. The molecule has 1 saturated carbocycles. The van der Waals surface area contributed by atoms with Crippen molar-refractivity contribution in [2.45, 2.75) is 32.6 Å². The fraction of sp³-hybridized carbons (Fsp3) is 0.400. The van der Waals surface area contributed by atoms with Crippen molar-refractivity contribution in [3.63, 3.8) is 0 Å². The van der Waals surface area contributed by atoms with Crippen molar-refractivity contribution >= 4 is 34.7 Å². The maximum atomic E-state index is 12.3. The molecule has 0 bridgehead atoms. The maximum absolute atomic E-state index is 12.3. The first-order valence-corrected chi connectivity index (χ1v) is 9.13. The summed E-state index contributed by atoms with van der Waals surface area (Å²) < 4.78 is 0. The number of amides is 1. The molecule has 3 rings (SSSR count). The number of Topliss-reactive ketones (excluding diaryl/α,β-unsaturated/α-hetero) is 1. The van der Waals surface area contributed by atoms with Crippen LogP contribution in [0, 0.1) is 12.8 Å². The van der Waals surface area contributed by atoms with Gasteiger partial charge in [-0.2, -0.15) is 0 Å². The van der Waals surface area contributed by atoms with Crippen LogP contribution in [-0.2, 0) is 9.59 Å². The number of anilines is 4. The summed E-state index contributed by atoms with van der Waals surface area (Å²) in [4.78, 5) is 34.3.